The topological polar surface area (TPSA) is 53.9 Å². The lowest BCUT2D eigenvalue weighted by molar-refractivity contribution is -0.129. The van der Waals surface area contributed by atoms with Gasteiger partial charge in [-0.1, -0.05) is 18.2 Å². The van der Waals surface area contributed by atoms with Crippen LogP contribution in [0.25, 0.3) is 10.9 Å². The number of rotatable bonds is 3. The summed E-state index contributed by atoms with van der Waals surface area (Å²) in [6, 6.07) is 8.13. The maximum atomic E-state index is 12.7. The summed E-state index contributed by atoms with van der Waals surface area (Å²) in [5, 5.41) is 1.14. The minimum Gasteiger partial charge on any atom is -0.361 e. The molecule has 3 heterocycles. The largest absolute Gasteiger partial charge is 0.361 e. The molecule has 1 atom stereocenters. The van der Waals surface area contributed by atoms with Crippen molar-refractivity contribution in [1.82, 2.24) is 19.4 Å². The minimum atomic E-state index is 0.202. The zero-order valence-corrected chi connectivity index (χ0v) is 14.1. The van der Waals surface area contributed by atoms with Crippen molar-refractivity contribution in [3.05, 3.63) is 53.7 Å². The van der Waals surface area contributed by atoms with E-state index < -0.39 is 0 Å². The smallest absolute Gasteiger partial charge is 0.227 e. The molecule has 5 heteroatoms. The van der Waals surface area contributed by atoms with Crippen molar-refractivity contribution in [2.45, 2.75) is 25.7 Å². The van der Waals surface area contributed by atoms with Crippen LogP contribution in [0.1, 0.15) is 29.4 Å². The van der Waals surface area contributed by atoms with E-state index in [1.54, 1.807) is 0 Å². The van der Waals surface area contributed by atoms with E-state index in [0.717, 1.165) is 47.5 Å². The standard InChI is InChI=1S/C19H22N4O/c1-13-11-22(2)19(21-13)14-7-8-23(12-14)18(24)9-15-10-20-17-6-4-3-5-16(15)17/h3-6,10-11,14,20H,7-9,12H2,1-2H3/t14-/m0/s1. The van der Waals surface area contributed by atoms with Crippen LogP contribution in [0.3, 0.4) is 0 Å². The molecule has 124 valence electrons. The molecule has 0 spiro atoms. The predicted octanol–water partition coefficient (Wildman–Crippen LogP) is 2.77. The van der Waals surface area contributed by atoms with Crippen LogP contribution in [0.2, 0.25) is 0 Å². The number of hydrogen-bond donors (Lipinski definition) is 1. The van der Waals surface area contributed by atoms with Crippen molar-refractivity contribution in [3.63, 3.8) is 0 Å². The third-order valence-corrected chi connectivity index (χ3v) is 4.96. The molecule has 0 bridgehead atoms. The van der Waals surface area contributed by atoms with E-state index in [-0.39, 0.29) is 5.91 Å². The van der Waals surface area contributed by atoms with Crippen molar-refractivity contribution in [1.29, 1.82) is 0 Å². The number of carbonyl (C=O) groups excluding carboxylic acids is 1. The van der Waals surface area contributed by atoms with E-state index in [4.69, 9.17) is 0 Å². The quantitative estimate of drug-likeness (QED) is 0.806. The van der Waals surface area contributed by atoms with Gasteiger partial charge in [-0.25, -0.2) is 4.98 Å². The monoisotopic (exact) mass is 322 g/mol. The van der Waals surface area contributed by atoms with Gasteiger partial charge < -0.3 is 14.5 Å². The Labute approximate surface area is 141 Å². The van der Waals surface area contributed by atoms with Gasteiger partial charge in [0.15, 0.2) is 0 Å². The van der Waals surface area contributed by atoms with Crippen LogP contribution in [0, 0.1) is 6.92 Å². The number of nitrogens with one attached hydrogen (secondary N) is 1. The van der Waals surface area contributed by atoms with Crippen LogP contribution in [0.5, 0.6) is 0 Å². The summed E-state index contributed by atoms with van der Waals surface area (Å²) in [5.74, 6) is 1.64. The third-order valence-electron chi connectivity index (χ3n) is 4.96. The van der Waals surface area contributed by atoms with E-state index in [1.807, 2.05) is 49.5 Å². The summed E-state index contributed by atoms with van der Waals surface area (Å²) in [6.45, 7) is 3.60. The highest BCUT2D eigenvalue weighted by molar-refractivity contribution is 5.89. The predicted molar refractivity (Wildman–Crippen MR) is 93.9 cm³/mol. The molecule has 3 aromatic rings. The summed E-state index contributed by atoms with van der Waals surface area (Å²) >= 11 is 0. The number of likely N-dealkylation sites (tertiary alicyclic amines) is 1. The number of H-pyrrole nitrogens is 1. The Hall–Kier alpha value is -2.56. The Morgan fingerprint density at radius 3 is 3.00 bits per heavy atom. The lowest BCUT2D eigenvalue weighted by Gasteiger charge is -2.16. The molecule has 0 radical (unpaired) electrons. The van der Waals surface area contributed by atoms with Gasteiger partial charge in [-0.2, -0.15) is 0 Å². The SMILES string of the molecule is Cc1cn(C)c([C@H]2CCN(C(=O)Cc3c[nH]c4ccccc34)C2)n1. The van der Waals surface area contributed by atoms with Crippen molar-refractivity contribution >= 4 is 16.8 Å². The Bertz CT molecular complexity index is 892. The number of imidazole rings is 1. The first kappa shape index (κ1) is 15.0. The molecule has 1 saturated heterocycles. The van der Waals surface area contributed by atoms with E-state index in [2.05, 4.69) is 20.6 Å². The van der Waals surface area contributed by atoms with Crippen molar-refractivity contribution in [2.24, 2.45) is 7.05 Å². The number of aromatic amines is 1. The number of nitrogens with zero attached hydrogens (tertiary/aromatic N) is 3. The zero-order valence-electron chi connectivity index (χ0n) is 14.1. The van der Waals surface area contributed by atoms with Crippen LogP contribution in [-0.4, -0.2) is 38.4 Å². The highest BCUT2D eigenvalue weighted by atomic mass is 16.2. The first-order valence-electron chi connectivity index (χ1n) is 8.44. The number of fused-ring (bicyclic) bond motifs is 1. The molecule has 1 aliphatic heterocycles. The summed E-state index contributed by atoms with van der Waals surface area (Å²) in [7, 11) is 2.03. The summed E-state index contributed by atoms with van der Waals surface area (Å²) in [4.78, 5) is 22.6. The van der Waals surface area contributed by atoms with Gasteiger partial charge in [0.2, 0.25) is 5.91 Å². The van der Waals surface area contributed by atoms with Gasteiger partial charge in [-0.15, -0.1) is 0 Å². The Kier molecular flexibility index (Phi) is 3.63. The zero-order chi connectivity index (χ0) is 16.7. The Morgan fingerprint density at radius 1 is 1.38 bits per heavy atom. The van der Waals surface area contributed by atoms with Gasteiger partial charge >= 0.3 is 0 Å². The molecule has 4 rings (SSSR count). The van der Waals surface area contributed by atoms with Gasteiger partial charge in [0.05, 0.1) is 12.1 Å². The van der Waals surface area contributed by atoms with Gasteiger partial charge in [0.1, 0.15) is 5.82 Å². The fourth-order valence-corrected chi connectivity index (χ4v) is 3.76. The number of hydrogen-bond acceptors (Lipinski definition) is 2. The molecule has 1 aliphatic rings. The average Bonchev–Trinajstić information content (AvgIpc) is 3.26. The molecule has 0 aliphatic carbocycles. The van der Waals surface area contributed by atoms with Gasteiger partial charge in [-0.05, 0) is 25.0 Å². The molecule has 0 saturated carbocycles. The second kappa shape index (κ2) is 5.82. The number of benzene rings is 1. The van der Waals surface area contributed by atoms with Crippen LogP contribution in [0.15, 0.2) is 36.7 Å². The third kappa shape index (κ3) is 2.60. The minimum absolute atomic E-state index is 0.202. The van der Waals surface area contributed by atoms with Gasteiger partial charge in [0.25, 0.3) is 0 Å². The molecular weight excluding hydrogens is 300 g/mol. The van der Waals surface area contributed by atoms with E-state index >= 15 is 0 Å². The van der Waals surface area contributed by atoms with E-state index in [9.17, 15) is 4.79 Å². The molecule has 0 unspecified atom stereocenters. The van der Waals surface area contributed by atoms with Crippen molar-refractivity contribution < 1.29 is 4.79 Å². The number of amides is 1. The lowest BCUT2D eigenvalue weighted by Crippen LogP contribution is -2.30. The molecule has 1 aromatic carbocycles. The number of para-hydroxylation sites is 1. The maximum absolute atomic E-state index is 12.7. The molecular formula is C19H22N4O. The molecule has 5 nitrogen and oxygen atoms in total. The van der Waals surface area contributed by atoms with Crippen LogP contribution >= 0.6 is 0 Å². The first-order valence-corrected chi connectivity index (χ1v) is 8.44. The van der Waals surface area contributed by atoms with Crippen LogP contribution in [0.4, 0.5) is 0 Å². The Balaban J connectivity index is 1.47. The molecule has 24 heavy (non-hydrogen) atoms. The first-order chi connectivity index (χ1) is 11.6. The molecule has 1 amide bonds. The lowest BCUT2D eigenvalue weighted by atomic mass is 10.1. The van der Waals surface area contributed by atoms with E-state index in [0.29, 0.717) is 12.3 Å². The number of aryl methyl sites for hydroxylation is 2. The second-order valence-corrected chi connectivity index (χ2v) is 6.71. The van der Waals surface area contributed by atoms with Crippen molar-refractivity contribution in [3.8, 4) is 0 Å². The maximum Gasteiger partial charge on any atom is 0.227 e. The van der Waals surface area contributed by atoms with Crippen LogP contribution < -0.4 is 0 Å². The Morgan fingerprint density at radius 2 is 2.21 bits per heavy atom. The van der Waals surface area contributed by atoms with Crippen LogP contribution in [-0.2, 0) is 18.3 Å². The average molecular weight is 322 g/mol. The number of carbonyl (C=O) groups is 1. The molecule has 1 N–H and O–H groups in total. The highest BCUT2D eigenvalue weighted by Gasteiger charge is 2.30. The molecule has 2 aromatic heterocycles. The van der Waals surface area contributed by atoms with E-state index in [1.165, 1.54) is 0 Å². The van der Waals surface area contributed by atoms with Gasteiger partial charge in [-0.3, -0.25) is 4.79 Å². The van der Waals surface area contributed by atoms with Gasteiger partial charge in [0, 0.05) is 49.4 Å². The summed E-state index contributed by atoms with van der Waals surface area (Å²) in [5.41, 5.74) is 3.20. The fourth-order valence-electron chi connectivity index (χ4n) is 3.76. The summed E-state index contributed by atoms with van der Waals surface area (Å²) in [6.07, 6.45) is 5.45. The molecule has 1 fully saturated rings. The fraction of sp³-hybridized carbons (Fsp3) is 0.368. The highest BCUT2D eigenvalue weighted by Crippen LogP contribution is 2.27. The number of aromatic nitrogens is 3. The van der Waals surface area contributed by atoms with Crippen molar-refractivity contribution in [2.75, 3.05) is 13.1 Å². The summed E-state index contributed by atoms with van der Waals surface area (Å²) < 4.78 is 2.09. The second-order valence-electron chi connectivity index (χ2n) is 6.71. The normalized spacial score (nSPS) is 17.8.